The summed E-state index contributed by atoms with van der Waals surface area (Å²) >= 11 is 1.21. The Morgan fingerprint density at radius 2 is 2.37 bits per heavy atom. The Balaban J connectivity index is 1.86. The van der Waals surface area contributed by atoms with Crippen molar-refractivity contribution in [3.63, 3.8) is 0 Å². The molecule has 1 saturated heterocycles. The highest BCUT2D eigenvalue weighted by atomic mass is 32.2. The zero-order valence-corrected chi connectivity index (χ0v) is 11.3. The molecule has 0 bridgehead atoms. The number of carbonyl (C=O) groups excluding carboxylic acids is 2. The number of thioether (sulfide) groups is 1. The molecule has 1 fully saturated rings. The topological polar surface area (TPSA) is 55.4 Å². The Bertz CT molecular complexity index is 507. The van der Waals surface area contributed by atoms with Crippen molar-refractivity contribution in [2.45, 2.75) is 19.4 Å². The van der Waals surface area contributed by atoms with Crippen molar-refractivity contribution in [2.75, 3.05) is 12.4 Å². The van der Waals surface area contributed by atoms with E-state index < -0.39 is 17.8 Å². The van der Waals surface area contributed by atoms with Gasteiger partial charge in [0.15, 0.2) is 18.2 Å². The molecule has 1 aliphatic rings. The van der Waals surface area contributed by atoms with Crippen molar-refractivity contribution in [3.8, 4) is 5.75 Å². The SMILES string of the molecule is Cc1cccc(OCC(=O)N[C@H]2CCSC2=O)c1F. The van der Waals surface area contributed by atoms with Gasteiger partial charge in [-0.3, -0.25) is 9.59 Å². The molecule has 19 heavy (non-hydrogen) atoms. The maximum Gasteiger partial charge on any atom is 0.258 e. The second-order valence-corrected chi connectivity index (χ2v) is 5.35. The summed E-state index contributed by atoms with van der Waals surface area (Å²) in [6, 6.07) is 4.30. The summed E-state index contributed by atoms with van der Waals surface area (Å²) in [5.41, 5.74) is 0.459. The predicted molar refractivity (Wildman–Crippen MR) is 70.6 cm³/mol. The molecule has 6 heteroatoms. The van der Waals surface area contributed by atoms with Crippen LogP contribution in [0.1, 0.15) is 12.0 Å². The first-order valence-electron chi connectivity index (χ1n) is 5.92. The molecule has 1 aromatic carbocycles. The first-order valence-corrected chi connectivity index (χ1v) is 6.90. The molecule has 0 saturated carbocycles. The van der Waals surface area contributed by atoms with Gasteiger partial charge >= 0.3 is 0 Å². The smallest absolute Gasteiger partial charge is 0.258 e. The largest absolute Gasteiger partial charge is 0.481 e. The lowest BCUT2D eigenvalue weighted by Gasteiger charge is -2.11. The maximum atomic E-state index is 13.6. The molecule has 1 amide bonds. The minimum absolute atomic E-state index is 0.0323. The molecular weight excluding hydrogens is 269 g/mol. The van der Waals surface area contributed by atoms with E-state index in [2.05, 4.69) is 5.32 Å². The summed E-state index contributed by atoms with van der Waals surface area (Å²) in [5, 5.41) is 2.54. The van der Waals surface area contributed by atoms with E-state index in [-0.39, 0.29) is 17.5 Å². The van der Waals surface area contributed by atoms with Gasteiger partial charge in [-0.25, -0.2) is 4.39 Å². The van der Waals surface area contributed by atoms with E-state index >= 15 is 0 Å². The van der Waals surface area contributed by atoms with Crippen LogP contribution >= 0.6 is 11.8 Å². The highest BCUT2D eigenvalue weighted by molar-refractivity contribution is 8.14. The molecular formula is C13H14FNO3S. The number of aryl methyl sites for hydroxylation is 1. The van der Waals surface area contributed by atoms with Gasteiger partial charge in [0, 0.05) is 5.75 Å². The van der Waals surface area contributed by atoms with Crippen molar-refractivity contribution in [3.05, 3.63) is 29.6 Å². The standard InChI is InChI=1S/C13H14FNO3S/c1-8-3-2-4-10(12(8)14)18-7-11(16)15-9-5-6-19-13(9)17/h2-4,9H,5-7H2,1H3,(H,15,16)/t9-/m0/s1. The molecule has 1 aromatic rings. The Morgan fingerprint density at radius 1 is 1.58 bits per heavy atom. The molecule has 2 rings (SSSR count). The van der Waals surface area contributed by atoms with Gasteiger partial charge in [-0.1, -0.05) is 23.9 Å². The third kappa shape index (κ3) is 3.47. The normalized spacial score (nSPS) is 18.4. The molecule has 4 nitrogen and oxygen atoms in total. The molecule has 0 radical (unpaired) electrons. The molecule has 1 atom stereocenters. The van der Waals surface area contributed by atoms with Gasteiger partial charge in [-0.15, -0.1) is 0 Å². The van der Waals surface area contributed by atoms with Gasteiger partial charge in [0.1, 0.15) is 0 Å². The number of hydrogen-bond acceptors (Lipinski definition) is 4. The van der Waals surface area contributed by atoms with E-state index in [0.717, 1.165) is 5.75 Å². The minimum Gasteiger partial charge on any atom is -0.481 e. The van der Waals surface area contributed by atoms with E-state index in [1.807, 2.05) is 0 Å². The lowest BCUT2D eigenvalue weighted by Crippen LogP contribution is -2.39. The minimum atomic E-state index is -0.470. The summed E-state index contributed by atoms with van der Waals surface area (Å²) in [5.74, 6) is -0.122. The van der Waals surface area contributed by atoms with Gasteiger partial charge in [0.25, 0.3) is 5.91 Å². The fraction of sp³-hybridized carbons (Fsp3) is 0.385. The lowest BCUT2D eigenvalue weighted by molar-refractivity contribution is -0.126. The van der Waals surface area contributed by atoms with Crippen LogP contribution in [-0.2, 0) is 9.59 Å². The fourth-order valence-electron chi connectivity index (χ4n) is 1.74. The number of benzene rings is 1. The average Bonchev–Trinajstić information content (AvgIpc) is 2.77. The van der Waals surface area contributed by atoms with E-state index in [9.17, 15) is 14.0 Å². The van der Waals surface area contributed by atoms with Crippen molar-refractivity contribution in [1.82, 2.24) is 5.32 Å². The van der Waals surface area contributed by atoms with Crippen LogP contribution in [0.2, 0.25) is 0 Å². The van der Waals surface area contributed by atoms with Crippen molar-refractivity contribution in [2.24, 2.45) is 0 Å². The van der Waals surface area contributed by atoms with Crippen molar-refractivity contribution < 1.29 is 18.7 Å². The van der Waals surface area contributed by atoms with E-state index in [1.165, 1.54) is 17.8 Å². The van der Waals surface area contributed by atoms with Crippen LogP contribution in [0.3, 0.4) is 0 Å². The average molecular weight is 283 g/mol. The Hall–Kier alpha value is -1.56. The third-order valence-corrected chi connectivity index (χ3v) is 3.79. The number of nitrogens with one attached hydrogen (secondary N) is 1. The predicted octanol–water partition coefficient (Wildman–Crippen LogP) is 1.66. The van der Waals surface area contributed by atoms with Gasteiger partial charge in [0.2, 0.25) is 5.12 Å². The highest BCUT2D eigenvalue weighted by Crippen LogP contribution is 2.20. The van der Waals surface area contributed by atoms with Crippen LogP contribution in [-0.4, -0.2) is 29.4 Å². The molecule has 0 unspecified atom stereocenters. The second-order valence-electron chi connectivity index (χ2n) is 4.25. The summed E-state index contributed by atoms with van der Waals surface area (Å²) < 4.78 is 18.7. The van der Waals surface area contributed by atoms with Gasteiger partial charge in [-0.05, 0) is 25.0 Å². The summed E-state index contributed by atoms with van der Waals surface area (Å²) in [7, 11) is 0. The number of rotatable bonds is 4. The second kappa shape index (κ2) is 6.06. The summed E-state index contributed by atoms with van der Waals surface area (Å²) in [6.07, 6.45) is 0.633. The van der Waals surface area contributed by atoms with E-state index in [4.69, 9.17) is 4.74 Å². The van der Waals surface area contributed by atoms with Crippen molar-refractivity contribution in [1.29, 1.82) is 0 Å². The van der Waals surface area contributed by atoms with Crippen LogP contribution in [0, 0.1) is 12.7 Å². The van der Waals surface area contributed by atoms with Crippen LogP contribution in [0.4, 0.5) is 4.39 Å². The Morgan fingerprint density at radius 3 is 3.05 bits per heavy atom. The monoisotopic (exact) mass is 283 g/mol. The van der Waals surface area contributed by atoms with E-state index in [0.29, 0.717) is 12.0 Å². The first-order chi connectivity index (χ1) is 9.08. The van der Waals surface area contributed by atoms with Crippen LogP contribution in [0.15, 0.2) is 18.2 Å². The fourth-order valence-corrected chi connectivity index (χ4v) is 2.67. The van der Waals surface area contributed by atoms with Crippen LogP contribution in [0.5, 0.6) is 5.75 Å². The zero-order valence-electron chi connectivity index (χ0n) is 10.4. The molecule has 1 aliphatic heterocycles. The number of carbonyl (C=O) groups is 2. The van der Waals surface area contributed by atoms with Crippen LogP contribution in [0.25, 0.3) is 0 Å². The molecule has 0 spiro atoms. The molecule has 0 aromatic heterocycles. The quantitative estimate of drug-likeness (QED) is 0.913. The molecule has 0 aliphatic carbocycles. The Kier molecular flexibility index (Phi) is 4.42. The number of halogens is 1. The number of ether oxygens (including phenoxy) is 1. The molecule has 1 N–H and O–H groups in total. The number of amides is 1. The zero-order chi connectivity index (χ0) is 13.8. The van der Waals surface area contributed by atoms with Crippen LogP contribution < -0.4 is 10.1 Å². The number of hydrogen-bond donors (Lipinski definition) is 1. The maximum absolute atomic E-state index is 13.6. The van der Waals surface area contributed by atoms with Gasteiger partial charge < -0.3 is 10.1 Å². The highest BCUT2D eigenvalue weighted by Gasteiger charge is 2.26. The summed E-state index contributed by atoms with van der Waals surface area (Å²) in [4.78, 5) is 22.9. The van der Waals surface area contributed by atoms with Crippen molar-refractivity contribution >= 4 is 22.8 Å². The first kappa shape index (κ1) is 13.9. The molecule has 102 valence electrons. The lowest BCUT2D eigenvalue weighted by atomic mass is 10.2. The molecule has 1 heterocycles. The third-order valence-electron chi connectivity index (χ3n) is 2.79. The van der Waals surface area contributed by atoms with E-state index in [1.54, 1.807) is 19.1 Å². The Labute approximate surface area is 114 Å². The van der Waals surface area contributed by atoms with Gasteiger partial charge in [-0.2, -0.15) is 0 Å². The van der Waals surface area contributed by atoms with Gasteiger partial charge in [0.05, 0.1) is 6.04 Å². The summed E-state index contributed by atoms with van der Waals surface area (Å²) in [6.45, 7) is 1.32.